The summed E-state index contributed by atoms with van der Waals surface area (Å²) in [5.41, 5.74) is -2.12. The van der Waals surface area contributed by atoms with Crippen molar-refractivity contribution in [2.24, 2.45) is 5.41 Å². The van der Waals surface area contributed by atoms with Crippen molar-refractivity contribution in [3.63, 3.8) is 0 Å². The lowest BCUT2D eigenvalue weighted by atomic mass is 9.79. The molecule has 2 amide bonds. The number of hydrogen-bond donors (Lipinski definition) is 2. The lowest BCUT2D eigenvalue weighted by molar-refractivity contribution is -0.138. The minimum atomic E-state index is -4.86. The summed E-state index contributed by atoms with van der Waals surface area (Å²) in [6.07, 6.45) is -5.56. The van der Waals surface area contributed by atoms with Crippen LogP contribution in [0, 0.1) is 5.41 Å². The van der Waals surface area contributed by atoms with Crippen molar-refractivity contribution in [3.8, 4) is 0 Å². The molecule has 1 aliphatic heterocycles. The first kappa shape index (κ1) is 24.1. The number of fused-ring (bicyclic) bond motifs is 1. The Labute approximate surface area is 188 Å². The van der Waals surface area contributed by atoms with Gasteiger partial charge in [0, 0.05) is 24.2 Å². The maximum Gasteiger partial charge on any atom is 0.417 e. The molecule has 3 rings (SSSR count). The lowest BCUT2D eigenvalue weighted by Gasteiger charge is -2.39. The smallest absolute Gasteiger partial charge is 0.417 e. The molecule has 0 fully saturated rings. The number of carbonyl (C=O) groups is 3. The third kappa shape index (κ3) is 5.44. The molecule has 1 aliphatic rings. The molecule has 0 radical (unpaired) electrons. The molecule has 0 aromatic heterocycles. The van der Waals surface area contributed by atoms with E-state index in [1.165, 1.54) is 4.90 Å². The van der Waals surface area contributed by atoms with Crippen LogP contribution >= 0.6 is 0 Å². The molecule has 33 heavy (non-hydrogen) atoms. The Morgan fingerprint density at radius 3 is 2.45 bits per heavy atom. The van der Waals surface area contributed by atoms with E-state index in [-0.39, 0.29) is 43.3 Å². The number of carbonyl (C=O) groups excluding carboxylic acids is 2. The van der Waals surface area contributed by atoms with Crippen LogP contribution in [0.1, 0.15) is 40.9 Å². The van der Waals surface area contributed by atoms with Gasteiger partial charge < -0.3 is 20.1 Å². The van der Waals surface area contributed by atoms with Crippen molar-refractivity contribution in [2.45, 2.75) is 33.1 Å². The van der Waals surface area contributed by atoms with Gasteiger partial charge in [0.05, 0.1) is 11.1 Å². The number of carboxylic acid groups (broad SMARTS) is 1. The number of nitrogens with one attached hydrogen (secondary N) is 1. The maximum absolute atomic E-state index is 13.4. The summed E-state index contributed by atoms with van der Waals surface area (Å²) in [4.78, 5) is 37.6. The number of carboxylic acids is 1. The molecule has 7 nitrogen and oxygen atoms in total. The zero-order valence-corrected chi connectivity index (χ0v) is 18.0. The summed E-state index contributed by atoms with van der Waals surface area (Å²) in [7, 11) is 0. The number of alkyl halides is 3. The summed E-state index contributed by atoms with van der Waals surface area (Å²) in [5.74, 6) is -2.13. The van der Waals surface area contributed by atoms with Gasteiger partial charge in [-0.2, -0.15) is 13.2 Å². The van der Waals surface area contributed by atoms with E-state index >= 15 is 0 Å². The number of halogens is 3. The predicted molar refractivity (Wildman–Crippen MR) is 113 cm³/mol. The average Bonchev–Trinajstić information content (AvgIpc) is 2.74. The fourth-order valence-corrected chi connectivity index (χ4v) is 3.73. The van der Waals surface area contributed by atoms with Crippen LogP contribution < -0.4 is 10.2 Å². The number of alkyl carbamates (subject to hydrolysis) is 1. The third-order valence-corrected chi connectivity index (χ3v) is 5.32. The fraction of sp³-hybridized carbons (Fsp3) is 0.348. The number of anilines is 1. The van der Waals surface area contributed by atoms with Gasteiger partial charge in [-0.15, -0.1) is 0 Å². The molecule has 0 saturated carbocycles. The molecule has 0 bridgehead atoms. The molecule has 1 heterocycles. The van der Waals surface area contributed by atoms with Gasteiger partial charge in [0.2, 0.25) is 5.91 Å². The molecule has 0 unspecified atom stereocenters. The molecule has 2 aromatic carbocycles. The second kappa shape index (κ2) is 9.13. The van der Waals surface area contributed by atoms with Gasteiger partial charge in [0.15, 0.2) is 0 Å². The van der Waals surface area contributed by atoms with Gasteiger partial charge in [-0.25, -0.2) is 9.59 Å². The SMILES string of the molecule is CC1(C)Cc2cc(C(F)(F)F)c(C(=O)O)cc2N(CCNC(=O)OCc2ccccc2)C1=O. The Morgan fingerprint density at radius 2 is 1.85 bits per heavy atom. The number of aromatic carboxylic acids is 1. The minimum absolute atomic E-state index is 0.0210. The van der Waals surface area contributed by atoms with Crippen LogP contribution in [-0.2, 0) is 28.7 Å². The standard InChI is InChI=1S/C23H23F3N2O5/c1-22(2)12-15-10-17(23(24,25)26)16(19(29)30)11-18(15)28(20(22)31)9-8-27-21(32)33-13-14-6-4-3-5-7-14/h3-7,10-11H,8-9,12-13H2,1-2H3,(H,27,32)(H,29,30). The molecule has 2 N–H and O–H groups in total. The zero-order valence-electron chi connectivity index (χ0n) is 18.0. The lowest BCUT2D eigenvalue weighted by Crippen LogP contribution is -2.49. The van der Waals surface area contributed by atoms with Crippen molar-refractivity contribution in [1.29, 1.82) is 0 Å². The second-order valence-electron chi connectivity index (χ2n) is 8.34. The molecule has 2 aromatic rings. The van der Waals surface area contributed by atoms with Crippen LogP contribution in [0.5, 0.6) is 0 Å². The van der Waals surface area contributed by atoms with Crippen LogP contribution in [0.3, 0.4) is 0 Å². The molecule has 0 saturated heterocycles. The van der Waals surface area contributed by atoms with Crippen LogP contribution in [0.4, 0.5) is 23.7 Å². The quantitative estimate of drug-likeness (QED) is 0.667. The Morgan fingerprint density at radius 1 is 1.18 bits per heavy atom. The van der Waals surface area contributed by atoms with Crippen molar-refractivity contribution >= 4 is 23.7 Å². The van der Waals surface area contributed by atoms with Crippen molar-refractivity contribution in [1.82, 2.24) is 5.32 Å². The highest BCUT2D eigenvalue weighted by Crippen LogP contribution is 2.42. The Kier molecular flexibility index (Phi) is 6.66. The van der Waals surface area contributed by atoms with E-state index in [0.29, 0.717) is 0 Å². The van der Waals surface area contributed by atoms with Crippen molar-refractivity contribution in [3.05, 3.63) is 64.7 Å². The van der Waals surface area contributed by atoms with Crippen LogP contribution in [-0.4, -0.2) is 36.2 Å². The van der Waals surface area contributed by atoms with Crippen molar-refractivity contribution in [2.75, 3.05) is 18.0 Å². The van der Waals surface area contributed by atoms with Crippen molar-refractivity contribution < 1.29 is 37.4 Å². The number of hydrogen-bond acceptors (Lipinski definition) is 4. The van der Waals surface area contributed by atoms with Crippen LogP contribution in [0.15, 0.2) is 42.5 Å². The topological polar surface area (TPSA) is 95.9 Å². The first-order valence-electron chi connectivity index (χ1n) is 10.1. The van der Waals surface area contributed by atoms with Gasteiger partial charge in [-0.3, -0.25) is 4.79 Å². The van der Waals surface area contributed by atoms with E-state index in [2.05, 4.69) is 5.32 Å². The Balaban J connectivity index is 1.78. The molecule has 0 spiro atoms. The van der Waals surface area contributed by atoms with E-state index in [0.717, 1.165) is 17.7 Å². The number of amides is 2. The normalized spacial score (nSPS) is 15.1. The molecular weight excluding hydrogens is 441 g/mol. The largest absolute Gasteiger partial charge is 0.478 e. The molecule has 176 valence electrons. The summed E-state index contributed by atoms with van der Waals surface area (Å²) in [6.45, 7) is 3.14. The monoisotopic (exact) mass is 464 g/mol. The van der Waals surface area contributed by atoms with Crippen LogP contribution in [0.2, 0.25) is 0 Å². The van der Waals surface area contributed by atoms with Gasteiger partial charge in [0.1, 0.15) is 6.61 Å². The highest BCUT2D eigenvalue weighted by molar-refractivity contribution is 6.02. The predicted octanol–water partition coefficient (Wildman–Crippen LogP) is 4.25. The average molecular weight is 464 g/mol. The molecular formula is C23H23F3N2O5. The van der Waals surface area contributed by atoms with Gasteiger partial charge >= 0.3 is 18.2 Å². The number of nitrogens with zero attached hydrogens (tertiary/aromatic N) is 1. The van der Waals surface area contributed by atoms with E-state index in [1.54, 1.807) is 38.1 Å². The molecule has 0 atom stereocenters. The Bertz CT molecular complexity index is 1070. The minimum Gasteiger partial charge on any atom is -0.478 e. The first-order chi connectivity index (χ1) is 15.4. The fourth-order valence-electron chi connectivity index (χ4n) is 3.73. The number of ether oxygens (including phenoxy) is 1. The summed E-state index contributed by atoms with van der Waals surface area (Å²) in [5, 5.41) is 11.8. The second-order valence-corrected chi connectivity index (χ2v) is 8.34. The van der Waals surface area contributed by atoms with Gasteiger partial charge in [-0.1, -0.05) is 44.2 Å². The van der Waals surface area contributed by atoms with E-state index < -0.39 is 34.8 Å². The first-order valence-corrected chi connectivity index (χ1v) is 10.1. The number of rotatable bonds is 6. The summed E-state index contributed by atoms with van der Waals surface area (Å²) >= 11 is 0. The molecule has 0 aliphatic carbocycles. The van der Waals surface area contributed by atoms with Gasteiger partial charge in [-0.05, 0) is 29.7 Å². The Hall–Kier alpha value is -3.56. The van der Waals surface area contributed by atoms with E-state index in [4.69, 9.17) is 4.74 Å². The van der Waals surface area contributed by atoms with Crippen LogP contribution in [0.25, 0.3) is 0 Å². The third-order valence-electron chi connectivity index (χ3n) is 5.32. The number of benzene rings is 2. The molecule has 10 heteroatoms. The maximum atomic E-state index is 13.4. The van der Waals surface area contributed by atoms with Gasteiger partial charge in [0.25, 0.3) is 0 Å². The highest BCUT2D eigenvalue weighted by atomic mass is 19.4. The van der Waals surface area contributed by atoms with E-state index in [9.17, 15) is 32.7 Å². The zero-order chi connectivity index (χ0) is 24.4. The summed E-state index contributed by atoms with van der Waals surface area (Å²) in [6, 6.07) is 10.7. The van der Waals surface area contributed by atoms with E-state index in [1.807, 2.05) is 6.07 Å². The highest BCUT2D eigenvalue weighted by Gasteiger charge is 2.42. The summed E-state index contributed by atoms with van der Waals surface area (Å²) < 4.78 is 45.4.